The van der Waals surface area contributed by atoms with Crippen LogP contribution in [-0.4, -0.2) is 50.5 Å². The summed E-state index contributed by atoms with van der Waals surface area (Å²) in [5.41, 5.74) is 1.97. The minimum atomic E-state index is -3.64. The second-order valence-electron chi connectivity index (χ2n) is 10.4. The summed E-state index contributed by atoms with van der Waals surface area (Å²) in [5.74, 6) is -0.778. The molecule has 41 heavy (non-hydrogen) atoms. The normalized spacial score (nSPS) is 12.1. The average Bonchev–Trinajstić information content (AvgIpc) is 2.92. The van der Waals surface area contributed by atoms with Crippen LogP contribution in [0.3, 0.4) is 0 Å². The first kappa shape index (κ1) is 32.1. The second-order valence-corrected chi connectivity index (χ2v) is 12.8. The van der Waals surface area contributed by atoms with Crippen molar-refractivity contribution in [1.29, 1.82) is 0 Å². The number of hydrogen-bond acceptors (Lipinski definition) is 4. The monoisotopic (exact) mass is 601 g/mol. The topological polar surface area (TPSA) is 86.8 Å². The zero-order chi connectivity index (χ0) is 30.0. The van der Waals surface area contributed by atoms with Gasteiger partial charge in [-0.3, -0.25) is 13.9 Å². The van der Waals surface area contributed by atoms with Crippen molar-refractivity contribution >= 4 is 39.1 Å². The molecule has 0 radical (unpaired) electrons. The van der Waals surface area contributed by atoms with Crippen LogP contribution in [0.2, 0.25) is 5.02 Å². The van der Waals surface area contributed by atoms with Gasteiger partial charge in [0.25, 0.3) is 0 Å². The Hall–Kier alpha value is -3.43. The van der Waals surface area contributed by atoms with Crippen molar-refractivity contribution in [3.63, 3.8) is 0 Å². The highest BCUT2D eigenvalue weighted by molar-refractivity contribution is 7.92. The van der Waals surface area contributed by atoms with E-state index in [1.807, 2.05) is 44.2 Å². The van der Waals surface area contributed by atoms with Crippen molar-refractivity contribution in [2.75, 3.05) is 23.7 Å². The van der Waals surface area contributed by atoms with E-state index in [0.717, 1.165) is 11.8 Å². The van der Waals surface area contributed by atoms with E-state index in [1.165, 1.54) is 21.3 Å². The lowest BCUT2D eigenvalue weighted by molar-refractivity contribution is -0.141. The van der Waals surface area contributed by atoms with Crippen LogP contribution >= 0.6 is 11.6 Å². The summed E-state index contributed by atoms with van der Waals surface area (Å²) in [6, 6.07) is 20.9. The number of carbonyl (C=O) groups is 2. The van der Waals surface area contributed by atoms with E-state index in [1.54, 1.807) is 36.4 Å². The molecule has 0 aliphatic rings. The molecule has 0 aliphatic carbocycles. The zero-order valence-corrected chi connectivity index (χ0v) is 25.2. The quantitative estimate of drug-likeness (QED) is 0.267. The van der Waals surface area contributed by atoms with Gasteiger partial charge >= 0.3 is 0 Å². The van der Waals surface area contributed by atoms with Gasteiger partial charge in [-0.15, -0.1) is 0 Å². The smallest absolute Gasteiger partial charge is 0.243 e. The van der Waals surface area contributed by atoms with Gasteiger partial charge in [-0.2, -0.15) is 0 Å². The number of sulfonamides is 1. The number of benzene rings is 3. The first-order valence-corrected chi connectivity index (χ1v) is 15.8. The van der Waals surface area contributed by atoms with E-state index >= 15 is 0 Å². The van der Waals surface area contributed by atoms with Gasteiger partial charge in [-0.25, -0.2) is 12.8 Å². The molecule has 0 saturated carbocycles. The van der Waals surface area contributed by atoms with Gasteiger partial charge < -0.3 is 10.2 Å². The molecule has 2 amide bonds. The zero-order valence-electron chi connectivity index (χ0n) is 23.6. The van der Waals surface area contributed by atoms with Gasteiger partial charge in [0.2, 0.25) is 21.8 Å². The maximum absolute atomic E-state index is 13.8. The predicted molar refractivity (Wildman–Crippen MR) is 162 cm³/mol. The molecule has 220 valence electrons. The van der Waals surface area contributed by atoms with Crippen LogP contribution in [0.15, 0.2) is 78.9 Å². The molecule has 0 aliphatic heterocycles. The number of hydrogen-bond donors (Lipinski definition) is 1. The molecule has 10 heteroatoms. The lowest BCUT2D eigenvalue weighted by Crippen LogP contribution is -2.51. The van der Waals surface area contributed by atoms with Gasteiger partial charge in [-0.05, 0) is 53.8 Å². The Labute approximate surface area is 247 Å². The van der Waals surface area contributed by atoms with Crippen LogP contribution in [0.5, 0.6) is 0 Å². The van der Waals surface area contributed by atoms with Gasteiger partial charge in [0, 0.05) is 37.5 Å². The van der Waals surface area contributed by atoms with Crippen LogP contribution in [0.1, 0.15) is 37.8 Å². The van der Waals surface area contributed by atoms with E-state index in [2.05, 4.69) is 5.32 Å². The molecular formula is C31H37ClFN3O4S. The van der Waals surface area contributed by atoms with Crippen LogP contribution in [0.4, 0.5) is 10.1 Å². The van der Waals surface area contributed by atoms with Crippen LogP contribution < -0.4 is 9.62 Å². The summed E-state index contributed by atoms with van der Waals surface area (Å²) < 4.78 is 40.0. The molecule has 0 spiro atoms. The minimum Gasteiger partial charge on any atom is -0.354 e. The van der Waals surface area contributed by atoms with Crippen molar-refractivity contribution in [3.05, 3.63) is 101 Å². The van der Waals surface area contributed by atoms with Gasteiger partial charge in [-0.1, -0.05) is 74.0 Å². The number of nitrogens with zero attached hydrogens (tertiary/aromatic N) is 2. The Morgan fingerprint density at radius 2 is 1.63 bits per heavy atom. The van der Waals surface area contributed by atoms with Crippen molar-refractivity contribution in [2.45, 2.75) is 45.7 Å². The standard InChI is InChI=1S/C31H37ClFN3O4S/c1-23(2)21-34-31(38)29(19-24-9-5-4-6-10-24)35(22-25-14-16-27(33)17-15-25)30(37)13-8-18-36(41(3,39)40)28-12-7-11-26(32)20-28/h4-7,9-12,14-17,20,23,29H,8,13,18-19,21-22H2,1-3H3,(H,34,38). The number of amides is 2. The van der Waals surface area contributed by atoms with Crippen LogP contribution in [-0.2, 0) is 32.6 Å². The molecule has 3 rings (SSSR count). The Morgan fingerprint density at radius 3 is 2.24 bits per heavy atom. The molecular weight excluding hydrogens is 565 g/mol. The van der Waals surface area contributed by atoms with Gasteiger partial charge in [0.05, 0.1) is 11.9 Å². The number of rotatable bonds is 14. The number of nitrogens with one attached hydrogen (secondary N) is 1. The SMILES string of the molecule is CC(C)CNC(=O)C(Cc1ccccc1)N(Cc1ccc(F)cc1)C(=O)CCCN(c1cccc(Cl)c1)S(C)(=O)=O. The fourth-order valence-electron chi connectivity index (χ4n) is 4.40. The van der Waals surface area contributed by atoms with Crippen molar-refractivity contribution < 1.29 is 22.4 Å². The lowest BCUT2D eigenvalue weighted by Gasteiger charge is -2.32. The summed E-state index contributed by atoms with van der Waals surface area (Å²) in [4.78, 5) is 28.8. The lowest BCUT2D eigenvalue weighted by atomic mass is 10.0. The maximum Gasteiger partial charge on any atom is 0.243 e. The second kappa shape index (κ2) is 15.0. The summed E-state index contributed by atoms with van der Waals surface area (Å²) in [5, 5.41) is 3.36. The first-order valence-electron chi connectivity index (χ1n) is 13.5. The highest BCUT2D eigenvalue weighted by Gasteiger charge is 2.30. The minimum absolute atomic E-state index is 0.00344. The fraction of sp³-hybridized carbons (Fsp3) is 0.355. The highest BCUT2D eigenvalue weighted by Crippen LogP contribution is 2.23. The van der Waals surface area contributed by atoms with E-state index in [9.17, 15) is 22.4 Å². The van der Waals surface area contributed by atoms with E-state index < -0.39 is 21.9 Å². The predicted octanol–water partition coefficient (Wildman–Crippen LogP) is 5.44. The molecule has 1 atom stereocenters. The average molecular weight is 602 g/mol. The van der Waals surface area contributed by atoms with Crippen LogP contribution in [0, 0.1) is 11.7 Å². The largest absolute Gasteiger partial charge is 0.354 e. The molecule has 0 heterocycles. The number of carbonyl (C=O) groups excluding carboxylic acids is 2. The van der Waals surface area contributed by atoms with Crippen molar-refractivity contribution in [3.8, 4) is 0 Å². The third kappa shape index (κ3) is 10.2. The fourth-order valence-corrected chi connectivity index (χ4v) is 5.54. The Bertz CT molecular complexity index is 1400. The molecule has 0 saturated heterocycles. The molecule has 1 N–H and O–H groups in total. The summed E-state index contributed by atoms with van der Waals surface area (Å²) in [7, 11) is -3.64. The summed E-state index contributed by atoms with van der Waals surface area (Å²) >= 11 is 6.08. The molecule has 7 nitrogen and oxygen atoms in total. The van der Waals surface area contributed by atoms with Crippen molar-refractivity contribution in [2.24, 2.45) is 5.92 Å². The third-order valence-corrected chi connectivity index (χ3v) is 7.90. The molecule has 1 unspecified atom stereocenters. The summed E-state index contributed by atoms with van der Waals surface area (Å²) in [6.45, 7) is 4.57. The van der Waals surface area contributed by atoms with Crippen LogP contribution in [0.25, 0.3) is 0 Å². The van der Waals surface area contributed by atoms with Gasteiger partial charge in [0.15, 0.2) is 0 Å². The number of halogens is 2. The Balaban J connectivity index is 1.87. The molecule has 3 aromatic rings. The molecule has 3 aromatic carbocycles. The van der Waals surface area contributed by atoms with Crippen molar-refractivity contribution in [1.82, 2.24) is 10.2 Å². The first-order chi connectivity index (χ1) is 19.4. The summed E-state index contributed by atoms with van der Waals surface area (Å²) in [6.07, 6.45) is 1.60. The van der Waals surface area contributed by atoms with Gasteiger partial charge in [0.1, 0.15) is 11.9 Å². The molecule has 0 bridgehead atoms. The Morgan fingerprint density at radius 1 is 0.951 bits per heavy atom. The maximum atomic E-state index is 13.8. The Kier molecular flexibility index (Phi) is 11.7. The molecule has 0 aromatic heterocycles. The van der Waals surface area contributed by atoms with E-state index in [-0.39, 0.29) is 50.1 Å². The number of anilines is 1. The van der Waals surface area contributed by atoms with E-state index in [4.69, 9.17) is 11.6 Å². The third-order valence-electron chi connectivity index (χ3n) is 6.47. The highest BCUT2D eigenvalue weighted by atomic mass is 35.5. The molecule has 0 fully saturated rings. The van der Waals surface area contributed by atoms with E-state index in [0.29, 0.717) is 22.8 Å².